The van der Waals surface area contributed by atoms with E-state index in [1.165, 1.54) is 17.0 Å². The van der Waals surface area contributed by atoms with Crippen LogP contribution in [0.1, 0.15) is 40.3 Å². The van der Waals surface area contributed by atoms with Gasteiger partial charge in [-0.2, -0.15) is 0 Å². The van der Waals surface area contributed by atoms with Crippen LogP contribution in [0.2, 0.25) is 0 Å². The van der Waals surface area contributed by atoms with Crippen LogP contribution < -0.4 is 5.32 Å². The Balaban J connectivity index is 1.79. The maximum absolute atomic E-state index is 5.74. The van der Waals surface area contributed by atoms with Gasteiger partial charge in [-0.05, 0) is 61.5 Å². The van der Waals surface area contributed by atoms with Gasteiger partial charge in [-0.1, -0.05) is 12.1 Å². The van der Waals surface area contributed by atoms with E-state index >= 15 is 0 Å². The van der Waals surface area contributed by atoms with E-state index in [9.17, 15) is 0 Å². The van der Waals surface area contributed by atoms with Crippen molar-refractivity contribution in [1.82, 2.24) is 24.8 Å². The van der Waals surface area contributed by atoms with E-state index in [0.717, 1.165) is 16.4 Å². The summed E-state index contributed by atoms with van der Waals surface area (Å²) in [6, 6.07) is 12.4. The number of thiocarbonyl (C=S) groups is 1. The fraction of sp³-hybridized carbons (Fsp3) is 0.286. The highest BCUT2D eigenvalue weighted by Gasteiger charge is 2.41. The van der Waals surface area contributed by atoms with Crippen molar-refractivity contribution >= 4 is 17.3 Å². The largest absolute Gasteiger partial charge is 0.352 e. The highest BCUT2D eigenvalue weighted by Crippen LogP contribution is 2.41. The number of rotatable bonds is 4. The molecule has 0 saturated carbocycles. The van der Waals surface area contributed by atoms with Crippen LogP contribution in [-0.2, 0) is 13.6 Å². The summed E-state index contributed by atoms with van der Waals surface area (Å²) in [7, 11) is 2.11. The zero-order valence-electron chi connectivity index (χ0n) is 15.8. The SMILES string of the molecule is Cc1cc([C@@H]2[C@@H](c3ccccn3)NC(=S)N2Cc2cccnc2)c(C)n1C. The number of hydrogen-bond acceptors (Lipinski definition) is 3. The highest BCUT2D eigenvalue weighted by atomic mass is 32.1. The third-order valence-corrected chi connectivity index (χ3v) is 5.76. The second-order valence-corrected chi connectivity index (χ2v) is 7.39. The molecule has 27 heavy (non-hydrogen) atoms. The Kier molecular flexibility index (Phi) is 4.66. The van der Waals surface area contributed by atoms with Crippen LogP contribution in [0.15, 0.2) is 55.0 Å². The first-order chi connectivity index (χ1) is 13.1. The Morgan fingerprint density at radius 3 is 2.63 bits per heavy atom. The summed E-state index contributed by atoms with van der Waals surface area (Å²) in [5, 5.41) is 4.26. The number of pyridine rings is 2. The van der Waals surface area contributed by atoms with Gasteiger partial charge < -0.3 is 14.8 Å². The van der Waals surface area contributed by atoms with Crippen molar-refractivity contribution in [2.24, 2.45) is 7.05 Å². The number of hydrogen-bond donors (Lipinski definition) is 1. The minimum atomic E-state index is 0.0101. The normalized spacial score (nSPS) is 19.4. The Labute approximate surface area is 165 Å². The minimum absolute atomic E-state index is 0.0101. The van der Waals surface area contributed by atoms with Crippen molar-refractivity contribution < 1.29 is 0 Å². The van der Waals surface area contributed by atoms with E-state index in [-0.39, 0.29) is 12.1 Å². The van der Waals surface area contributed by atoms with E-state index in [2.05, 4.69) is 63.8 Å². The van der Waals surface area contributed by atoms with Gasteiger partial charge in [-0.15, -0.1) is 0 Å². The molecule has 0 radical (unpaired) electrons. The second kappa shape index (κ2) is 7.12. The number of nitrogens with one attached hydrogen (secondary N) is 1. The molecule has 0 unspecified atom stereocenters. The van der Waals surface area contributed by atoms with Gasteiger partial charge in [-0.25, -0.2) is 0 Å². The summed E-state index contributed by atoms with van der Waals surface area (Å²) in [4.78, 5) is 11.1. The van der Waals surface area contributed by atoms with Crippen molar-refractivity contribution in [1.29, 1.82) is 0 Å². The lowest BCUT2D eigenvalue weighted by Gasteiger charge is -2.28. The number of nitrogens with zero attached hydrogens (tertiary/aromatic N) is 4. The lowest BCUT2D eigenvalue weighted by Crippen LogP contribution is -2.29. The molecule has 0 amide bonds. The predicted octanol–water partition coefficient (Wildman–Crippen LogP) is 3.60. The quantitative estimate of drug-likeness (QED) is 0.704. The number of aromatic nitrogens is 3. The average molecular weight is 378 g/mol. The molecule has 1 aliphatic rings. The van der Waals surface area contributed by atoms with Crippen LogP contribution >= 0.6 is 12.2 Å². The van der Waals surface area contributed by atoms with E-state index in [0.29, 0.717) is 6.54 Å². The molecular formula is C21H23N5S. The fourth-order valence-electron chi connectivity index (χ4n) is 3.79. The topological polar surface area (TPSA) is 46.0 Å². The Hall–Kier alpha value is -2.73. The molecule has 6 heteroatoms. The summed E-state index contributed by atoms with van der Waals surface area (Å²) in [5.41, 5.74) is 5.91. The molecular weight excluding hydrogens is 354 g/mol. The minimum Gasteiger partial charge on any atom is -0.352 e. The van der Waals surface area contributed by atoms with Crippen LogP contribution in [0.25, 0.3) is 0 Å². The summed E-state index contributed by atoms with van der Waals surface area (Å²) in [6.45, 7) is 5.01. The Morgan fingerprint density at radius 1 is 1.15 bits per heavy atom. The first-order valence-corrected chi connectivity index (χ1v) is 9.47. The molecule has 1 aliphatic heterocycles. The lowest BCUT2D eigenvalue weighted by molar-refractivity contribution is 0.309. The zero-order chi connectivity index (χ0) is 19.0. The lowest BCUT2D eigenvalue weighted by atomic mass is 9.96. The van der Waals surface area contributed by atoms with E-state index < -0.39 is 0 Å². The van der Waals surface area contributed by atoms with Crippen molar-refractivity contribution in [3.05, 3.63) is 83.2 Å². The average Bonchev–Trinajstić information content (AvgIpc) is 3.14. The van der Waals surface area contributed by atoms with Crippen LogP contribution in [0.5, 0.6) is 0 Å². The smallest absolute Gasteiger partial charge is 0.170 e. The van der Waals surface area contributed by atoms with E-state index in [1.54, 1.807) is 6.20 Å². The van der Waals surface area contributed by atoms with Gasteiger partial charge in [0.1, 0.15) is 0 Å². The number of aryl methyl sites for hydroxylation is 1. The molecule has 138 valence electrons. The molecule has 5 nitrogen and oxygen atoms in total. The third kappa shape index (κ3) is 3.21. The summed E-state index contributed by atoms with van der Waals surface area (Å²) in [6.07, 6.45) is 5.53. The van der Waals surface area contributed by atoms with Gasteiger partial charge in [0.15, 0.2) is 5.11 Å². The molecule has 1 N–H and O–H groups in total. The first-order valence-electron chi connectivity index (χ1n) is 9.06. The fourth-order valence-corrected chi connectivity index (χ4v) is 4.09. The first kappa shape index (κ1) is 17.7. The Morgan fingerprint density at radius 2 is 2.00 bits per heavy atom. The van der Waals surface area contributed by atoms with Gasteiger partial charge in [0.05, 0.1) is 17.8 Å². The van der Waals surface area contributed by atoms with Gasteiger partial charge >= 0.3 is 0 Å². The maximum Gasteiger partial charge on any atom is 0.170 e. The molecule has 2 atom stereocenters. The standard InChI is InChI=1S/C21H23N5S/c1-14-11-17(15(2)25(14)3)20-19(18-8-4-5-10-23-18)24-21(27)26(20)13-16-7-6-9-22-12-16/h4-12,19-20H,13H2,1-3H3,(H,24,27)/t19-,20-/m1/s1. The summed E-state index contributed by atoms with van der Waals surface area (Å²) in [5.74, 6) is 0. The monoisotopic (exact) mass is 377 g/mol. The van der Waals surface area contributed by atoms with Crippen LogP contribution in [0.4, 0.5) is 0 Å². The maximum atomic E-state index is 5.74. The van der Waals surface area contributed by atoms with E-state index in [4.69, 9.17) is 12.2 Å². The second-order valence-electron chi connectivity index (χ2n) is 7.00. The van der Waals surface area contributed by atoms with Gasteiger partial charge in [-0.3, -0.25) is 9.97 Å². The van der Waals surface area contributed by atoms with Gasteiger partial charge in [0, 0.05) is 43.6 Å². The van der Waals surface area contributed by atoms with Crippen molar-refractivity contribution in [2.45, 2.75) is 32.5 Å². The van der Waals surface area contributed by atoms with Crippen molar-refractivity contribution in [3.8, 4) is 0 Å². The highest BCUT2D eigenvalue weighted by molar-refractivity contribution is 7.80. The van der Waals surface area contributed by atoms with Crippen molar-refractivity contribution in [3.63, 3.8) is 0 Å². The van der Waals surface area contributed by atoms with E-state index in [1.807, 2.05) is 30.6 Å². The summed E-state index contributed by atoms with van der Waals surface area (Å²) < 4.78 is 2.23. The molecule has 4 heterocycles. The van der Waals surface area contributed by atoms with Crippen molar-refractivity contribution in [2.75, 3.05) is 0 Å². The molecule has 3 aromatic rings. The third-order valence-electron chi connectivity index (χ3n) is 5.41. The van der Waals surface area contributed by atoms with Gasteiger partial charge in [0.25, 0.3) is 0 Å². The molecule has 1 saturated heterocycles. The summed E-state index contributed by atoms with van der Waals surface area (Å²) >= 11 is 5.74. The van der Waals surface area contributed by atoms with Crippen LogP contribution in [0.3, 0.4) is 0 Å². The molecule has 4 rings (SSSR count). The molecule has 0 aromatic carbocycles. The molecule has 3 aromatic heterocycles. The van der Waals surface area contributed by atoms with Crippen LogP contribution in [-0.4, -0.2) is 24.5 Å². The molecule has 1 fully saturated rings. The van der Waals surface area contributed by atoms with Gasteiger partial charge in [0.2, 0.25) is 0 Å². The zero-order valence-corrected chi connectivity index (χ0v) is 16.6. The Bertz CT molecular complexity index is 951. The molecule has 0 aliphatic carbocycles. The molecule has 0 spiro atoms. The van der Waals surface area contributed by atoms with Crippen LogP contribution in [0, 0.1) is 13.8 Å². The molecule has 0 bridgehead atoms. The predicted molar refractivity (Wildman–Crippen MR) is 110 cm³/mol.